The van der Waals surface area contributed by atoms with E-state index in [0.29, 0.717) is 11.1 Å². The number of rotatable bonds is 5. The summed E-state index contributed by atoms with van der Waals surface area (Å²) in [6, 6.07) is 15.5. The number of sulfonamides is 1. The summed E-state index contributed by atoms with van der Waals surface area (Å²) in [5.41, 5.74) is 1.47. The molecule has 3 rings (SSSR count). The molecule has 0 bridgehead atoms. The average Bonchev–Trinajstić information content (AvgIpc) is 2.77. The Kier molecular flexibility index (Phi) is 6.46. The summed E-state index contributed by atoms with van der Waals surface area (Å²) in [4.78, 5) is 26.0. The van der Waals surface area contributed by atoms with Gasteiger partial charge in [-0.05, 0) is 29.8 Å². The van der Waals surface area contributed by atoms with Crippen molar-refractivity contribution in [3.05, 3.63) is 76.7 Å². The Balaban J connectivity index is 1.63. The molecule has 0 saturated carbocycles. The molecule has 1 aliphatic heterocycles. The Bertz CT molecular complexity index is 1010. The van der Waals surface area contributed by atoms with Gasteiger partial charge in [0.05, 0.1) is 12.7 Å². The Morgan fingerprint density at radius 2 is 1.59 bits per heavy atom. The van der Waals surface area contributed by atoms with Crippen LogP contribution in [0, 0.1) is 0 Å². The second kappa shape index (κ2) is 9.02. The molecule has 1 aliphatic rings. The fourth-order valence-electron chi connectivity index (χ4n) is 3.04. The summed E-state index contributed by atoms with van der Waals surface area (Å²) >= 11 is 0. The van der Waals surface area contributed by atoms with E-state index in [-0.39, 0.29) is 32.1 Å². The predicted octanol–water partition coefficient (Wildman–Crippen LogP) is 2.23. The zero-order valence-corrected chi connectivity index (χ0v) is 16.8. The molecule has 1 heterocycles. The van der Waals surface area contributed by atoms with E-state index in [1.807, 2.05) is 30.3 Å². The second-order valence-electron chi connectivity index (χ2n) is 6.52. The molecule has 2 aromatic rings. The van der Waals surface area contributed by atoms with Crippen LogP contribution in [0.25, 0.3) is 6.08 Å². The molecule has 0 atom stereocenters. The topological polar surface area (TPSA) is 84.0 Å². The molecule has 1 saturated heterocycles. The van der Waals surface area contributed by atoms with Crippen molar-refractivity contribution in [2.75, 3.05) is 33.3 Å². The minimum Gasteiger partial charge on any atom is -0.465 e. The zero-order chi connectivity index (χ0) is 20.9. The normalized spacial score (nSPS) is 15.4. The van der Waals surface area contributed by atoms with E-state index in [2.05, 4.69) is 4.74 Å². The number of amides is 1. The molecule has 8 heteroatoms. The first-order chi connectivity index (χ1) is 13.9. The zero-order valence-electron chi connectivity index (χ0n) is 16.0. The summed E-state index contributed by atoms with van der Waals surface area (Å²) in [5.74, 6) is -0.756. The number of benzene rings is 2. The molecule has 1 amide bonds. The molecule has 0 aromatic heterocycles. The second-order valence-corrected chi connectivity index (χ2v) is 8.34. The number of carbonyl (C=O) groups is 2. The van der Waals surface area contributed by atoms with Gasteiger partial charge in [-0.1, -0.05) is 36.4 Å². The minimum absolute atomic E-state index is 0.212. The number of ether oxygens (including phenoxy) is 1. The van der Waals surface area contributed by atoms with Crippen molar-refractivity contribution >= 4 is 28.0 Å². The number of hydrogen-bond donors (Lipinski definition) is 0. The quantitative estimate of drug-likeness (QED) is 0.701. The highest BCUT2D eigenvalue weighted by Crippen LogP contribution is 2.15. The Morgan fingerprint density at radius 1 is 0.931 bits per heavy atom. The van der Waals surface area contributed by atoms with Crippen LogP contribution < -0.4 is 0 Å². The van der Waals surface area contributed by atoms with Crippen LogP contribution in [-0.4, -0.2) is 62.8 Å². The van der Waals surface area contributed by atoms with Crippen molar-refractivity contribution in [2.24, 2.45) is 0 Å². The van der Waals surface area contributed by atoms with Gasteiger partial charge in [0.25, 0.3) is 5.91 Å². The summed E-state index contributed by atoms with van der Waals surface area (Å²) in [7, 11) is -2.28. The van der Waals surface area contributed by atoms with E-state index in [1.165, 1.54) is 22.9 Å². The third-order valence-electron chi connectivity index (χ3n) is 4.65. The van der Waals surface area contributed by atoms with Crippen LogP contribution in [-0.2, 0) is 14.8 Å². The molecule has 29 heavy (non-hydrogen) atoms. The van der Waals surface area contributed by atoms with E-state index in [0.717, 1.165) is 5.56 Å². The van der Waals surface area contributed by atoms with Crippen LogP contribution in [0.3, 0.4) is 0 Å². The summed E-state index contributed by atoms with van der Waals surface area (Å²) in [5, 5.41) is 1.19. The molecule has 0 spiro atoms. The SMILES string of the molecule is COC(=O)c1cccc(C(=O)N2CCN(S(=O)(=O)/C=C/c3ccccc3)CC2)c1. The lowest BCUT2D eigenvalue weighted by Gasteiger charge is -2.33. The van der Waals surface area contributed by atoms with E-state index >= 15 is 0 Å². The number of piperazine rings is 1. The van der Waals surface area contributed by atoms with E-state index in [4.69, 9.17) is 0 Å². The molecule has 2 aromatic carbocycles. The van der Waals surface area contributed by atoms with Gasteiger partial charge in [0.2, 0.25) is 10.0 Å². The van der Waals surface area contributed by atoms with Crippen LogP contribution in [0.2, 0.25) is 0 Å². The maximum absolute atomic E-state index is 12.7. The van der Waals surface area contributed by atoms with Crippen LogP contribution in [0.1, 0.15) is 26.3 Å². The Morgan fingerprint density at radius 3 is 2.24 bits per heavy atom. The number of methoxy groups -OCH3 is 1. The fourth-order valence-corrected chi connectivity index (χ4v) is 4.21. The summed E-state index contributed by atoms with van der Waals surface area (Å²) in [6.45, 7) is 0.979. The number of carbonyl (C=O) groups excluding carboxylic acids is 2. The third kappa shape index (κ3) is 5.10. The number of hydrogen-bond acceptors (Lipinski definition) is 5. The van der Waals surface area contributed by atoms with Crippen LogP contribution >= 0.6 is 0 Å². The lowest BCUT2D eigenvalue weighted by molar-refractivity contribution is 0.0600. The highest BCUT2D eigenvalue weighted by atomic mass is 32.2. The number of esters is 1. The van der Waals surface area contributed by atoms with E-state index < -0.39 is 16.0 Å². The standard InChI is InChI=1S/C21H22N2O5S/c1-28-21(25)19-9-5-8-18(16-19)20(24)22-11-13-23(14-12-22)29(26,27)15-10-17-6-3-2-4-7-17/h2-10,15-16H,11-14H2,1H3/b15-10+. The largest absolute Gasteiger partial charge is 0.465 e. The summed E-state index contributed by atoms with van der Waals surface area (Å²) < 4.78 is 31.1. The van der Waals surface area contributed by atoms with Gasteiger partial charge in [-0.25, -0.2) is 13.2 Å². The highest BCUT2D eigenvalue weighted by molar-refractivity contribution is 7.92. The van der Waals surface area contributed by atoms with Gasteiger partial charge in [0.15, 0.2) is 0 Å². The van der Waals surface area contributed by atoms with Crippen LogP contribution in [0.15, 0.2) is 60.0 Å². The lowest BCUT2D eigenvalue weighted by Crippen LogP contribution is -2.50. The molecule has 1 fully saturated rings. The monoisotopic (exact) mass is 414 g/mol. The smallest absolute Gasteiger partial charge is 0.337 e. The van der Waals surface area contributed by atoms with Crippen molar-refractivity contribution in [3.63, 3.8) is 0 Å². The lowest BCUT2D eigenvalue weighted by atomic mass is 10.1. The average molecular weight is 414 g/mol. The summed E-state index contributed by atoms with van der Waals surface area (Å²) in [6.07, 6.45) is 1.56. The first-order valence-electron chi connectivity index (χ1n) is 9.11. The maximum Gasteiger partial charge on any atom is 0.337 e. The molecule has 7 nitrogen and oxygen atoms in total. The van der Waals surface area contributed by atoms with Crippen LogP contribution in [0.5, 0.6) is 0 Å². The van der Waals surface area contributed by atoms with Gasteiger partial charge in [0.1, 0.15) is 0 Å². The molecule has 0 aliphatic carbocycles. The van der Waals surface area contributed by atoms with Gasteiger partial charge in [-0.15, -0.1) is 0 Å². The van der Waals surface area contributed by atoms with Gasteiger partial charge < -0.3 is 9.64 Å². The number of nitrogens with zero attached hydrogens (tertiary/aromatic N) is 2. The van der Waals surface area contributed by atoms with Gasteiger partial charge >= 0.3 is 5.97 Å². The van der Waals surface area contributed by atoms with Crippen LogP contribution in [0.4, 0.5) is 0 Å². The van der Waals surface area contributed by atoms with Crippen molar-refractivity contribution in [1.29, 1.82) is 0 Å². The molecule has 0 unspecified atom stereocenters. The maximum atomic E-state index is 12.7. The van der Waals surface area contributed by atoms with E-state index in [9.17, 15) is 18.0 Å². The molecule has 152 valence electrons. The predicted molar refractivity (Wildman–Crippen MR) is 110 cm³/mol. The van der Waals surface area contributed by atoms with E-state index in [1.54, 1.807) is 29.2 Å². The minimum atomic E-state index is -3.56. The van der Waals surface area contributed by atoms with Gasteiger partial charge in [0, 0.05) is 37.2 Å². The van der Waals surface area contributed by atoms with Crippen molar-refractivity contribution in [3.8, 4) is 0 Å². The third-order valence-corrected chi connectivity index (χ3v) is 6.21. The van der Waals surface area contributed by atoms with Crippen molar-refractivity contribution in [1.82, 2.24) is 9.21 Å². The molecular formula is C21H22N2O5S. The van der Waals surface area contributed by atoms with Gasteiger partial charge in [-0.3, -0.25) is 4.79 Å². The molecule has 0 radical (unpaired) electrons. The van der Waals surface area contributed by atoms with Crippen molar-refractivity contribution < 1.29 is 22.7 Å². The van der Waals surface area contributed by atoms with Gasteiger partial charge in [-0.2, -0.15) is 4.31 Å². The van der Waals surface area contributed by atoms with Crippen molar-refractivity contribution in [2.45, 2.75) is 0 Å². The Labute approximate surface area is 170 Å². The Hall–Kier alpha value is -2.97. The highest BCUT2D eigenvalue weighted by Gasteiger charge is 2.28. The fraction of sp³-hybridized carbons (Fsp3) is 0.238. The first kappa shape index (κ1) is 20.8. The molecular weight excluding hydrogens is 392 g/mol. The first-order valence-corrected chi connectivity index (χ1v) is 10.6. The molecule has 0 N–H and O–H groups in total.